The molecule has 38 heavy (non-hydrogen) atoms. The number of nitrogens with two attached hydrogens (primary N) is 1. The lowest BCUT2D eigenvalue weighted by Gasteiger charge is -2.18. The highest BCUT2D eigenvalue weighted by Crippen LogP contribution is 2.40. The number of benzene rings is 1. The van der Waals surface area contributed by atoms with Gasteiger partial charge in [0.1, 0.15) is 22.2 Å². The van der Waals surface area contributed by atoms with Gasteiger partial charge in [-0.25, -0.2) is 4.98 Å². The molecule has 0 spiro atoms. The third-order valence-electron chi connectivity index (χ3n) is 7.66. The van der Waals surface area contributed by atoms with Crippen molar-refractivity contribution in [2.45, 2.75) is 65.3 Å². The summed E-state index contributed by atoms with van der Waals surface area (Å²) in [6.45, 7) is 3.98. The standard InChI is InChI=1S/C29H30N4O3S2/c1-15-6-5-7-17(12-15)26-32-28-24(18-8-3-4-9-20(18)37-28)29(36)33(26)14-22(34)31-27-23(25(30)35)19-11-10-16(2)13-21(19)38-27/h5-7,12,16H,3-4,8-11,13-14H2,1-2H3,(H2,30,35)(H,31,34). The number of hydrogen-bond acceptors (Lipinski definition) is 6. The van der Waals surface area contributed by atoms with E-state index < -0.39 is 5.91 Å². The molecule has 2 aliphatic carbocycles. The lowest BCUT2D eigenvalue weighted by atomic mass is 9.88. The van der Waals surface area contributed by atoms with E-state index in [9.17, 15) is 14.4 Å². The molecule has 0 bridgehead atoms. The van der Waals surface area contributed by atoms with E-state index in [0.717, 1.165) is 76.9 Å². The van der Waals surface area contributed by atoms with E-state index >= 15 is 0 Å². The van der Waals surface area contributed by atoms with Crippen LogP contribution in [0.1, 0.15) is 63.0 Å². The van der Waals surface area contributed by atoms with Crippen molar-refractivity contribution in [2.24, 2.45) is 11.7 Å². The summed E-state index contributed by atoms with van der Waals surface area (Å²) in [5.74, 6) is 0.1000. The molecule has 7 nitrogen and oxygen atoms in total. The molecule has 2 aliphatic rings. The van der Waals surface area contributed by atoms with Gasteiger partial charge in [0.2, 0.25) is 5.91 Å². The summed E-state index contributed by atoms with van der Waals surface area (Å²) in [5, 5.41) is 4.05. The van der Waals surface area contributed by atoms with E-state index in [1.165, 1.54) is 20.8 Å². The molecule has 1 atom stereocenters. The van der Waals surface area contributed by atoms with Gasteiger partial charge in [-0.15, -0.1) is 22.7 Å². The quantitative estimate of drug-likeness (QED) is 0.357. The van der Waals surface area contributed by atoms with Crippen LogP contribution in [0, 0.1) is 12.8 Å². The number of hydrogen-bond donors (Lipinski definition) is 2. The first kappa shape index (κ1) is 25.0. The van der Waals surface area contributed by atoms with Crippen molar-refractivity contribution in [3.8, 4) is 11.4 Å². The second-order valence-electron chi connectivity index (χ2n) is 10.6. The van der Waals surface area contributed by atoms with E-state index in [2.05, 4.69) is 12.2 Å². The SMILES string of the molecule is Cc1cccc(-c2nc3sc4c(c3c(=O)n2CC(=O)Nc2sc3c(c2C(N)=O)CCC(C)C3)CCCC4)c1. The topological polar surface area (TPSA) is 107 Å². The minimum atomic E-state index is -0.530. The summed E-state index contributed by atoms with van der Waals surface area (Å²) >= 11 is 3.03. The third-order valence-corrected chi connectivity index (χ3v) is 10.0. The monoisotopic (exact) mass is 546 g/mol. The Labute approximate surface area is 228 Å². The molecule has 2 amide bonds. The first-order valence-electron chi connectivity index (χ1n) is 13.2. The smallest absolute Gasteiger partial charge is 0.263 e. The fraction of sp³-hybridized carbons (Fsp3) is 0.379. The Balaban J connectivity index is 1.42. The predicted octanol–water partition coefficient (Wildman–Crippen LogP) is 5.24. The molecule has 3 aromatic heterocycles. The number of thiophene rings is 2. The highest BCUT2D eigenvalue weighted by Gasteiger charge is 2.28. The summed E-state index contributed by atoms with van der Waals surface area (Å²) in [5.41, 5.74) is 9.87. The Kier molecular flexibility index (Phi) is 6.44. The maximum Gasteiger partial charge on any atom is 0.263 e. The Bertz CT molecular complexity index is 1660. The maximum absolute atomic E-state index is 14.0. The van der Waals surface area contributed by atoms with Gasteiger partial charge in [-0.2, -0.15) is 0 Å². The zero-order chi connectivity index (χ0) is 26.6. The van der Waals surface area contributed by atoms with Crippen molar-refractivity contribution in [3.05, 3.63) is 66.6 Å². The highest BCUT2D eigenvalue weighted by atomic mass is 32.1. The molecule has 0 fully saturated rings. The number of nitrogens with one attached hydrogen (secondary N) is 1. The van der Waals surface area contributed by atoms with Crippen LogP contribution in [-0.4, -0.2) is 21.4 Å². The highest BCUT2D eigenvalue weighted by molar-refractivity contribution is 7.18. The molecule has 0 aliphatic heterocycles. The van der Waals surface area contributed by atoms with Crippen LogP contribution in [0.25, 0.3) is 21.6 Å². The molecular weight excluding hydrogens is 516 g/mol. The minimum absolute atomic E-state index is 0.185. The molecular formula is C29H30N4O3S2. The molecule has 0 saturated heterocycles. The zero-order valence-electron chi connectivity index (χ0n) is 21.6. The van der Waals surface area contributed by atoms with Gasteiger partial charge in [0, 0.05) is 15.3 Å². The van der Waals surface area contributed by atoms with Gasteiger partial charge in [0.15, 0.2) is 0 Å². The van der Waals surface area contributed by atoms with Crippen LogP contribution in [0.3, 0.4) is 0 Å². The number of carbonyl (C=O) groups excluding carboxylic acids is 2. The second kappa shape index (κ2) is 9.78. The van der Waals surface area contributed by atoms with Gasteiger partial charge in [-0.05, 0) is 75.0 Å². The van der Waals surface area contributed by atoms with Gasteiger partial charge in [-0.1, -0.05) is 30.7 Å². The molecule has 0 radical (unpaired) electrons. The lowest BCUT2D eigenvalue weighted by molar-refractivity contribution is -0.116. The van der Waals surface area contributed by atoms with Crippen molar-refractivity contribution in [1.29, 1.82) is 0 Å². The Morgan fingerprint density at radius 2 is 1.95 bits per heavy atom. The molecule has 0 saturated carbocycles. The lowest BCUT2D eigenvalue weighted by Crippen LogP contribution is -2.30. The number of aromatic nitrogens is 2. The summed E-state index contributed by atoms with van der Waals surface area (Å²) in [6, 6.07) is 7.82. The van der Waals surface area contributed by atoms with Crippen molar-refractivity contribution in [1.82, 2.24) is 9.55 Å². The summed E-state index contributed by atoms with van der Waals surface area (Å²) in [7, 11) is 0. The van der Waals surface area contributed by atoms with Gasteiger partial charge >= 0.3 is 0 Å². The van der Waals surface area contributed by atoms with Crippen molar-refractivity contribution in [2.75, 3.05) is 5.32 Å². The molecule has 196 valence electrons. The van der Waals surface area contributed by atoms with E-state index in [1.54, 1.807) is 11.3 Å². The normalized spacial score (nSPS) is 16.7. The number of amides is 2. The average Bonchev–Trinajstić information content (AvgIpc) is 3.43. The molecule has 1 unspecified atom stereocenters. The number of nitrogens with zero attached hydrogens (tertiary/aromatic N) is 2. The number of fused-ring (bicyclic) bond motifs is 4. The predicted molar refractivity (Wildman–Crippen MR) is 153 cm³/mol. The largest absolute Gasteiger partial charge is 0.365 e. The number of aryl methyl sites for hydroxylation is 3. The third kappa shape index (κ3) is 4.37. The number of primary amides is 1. The second-order valence-corrected chi connectivity index (χ2v) is 12.7. The van der Waals surface area contributed by atoms with Crippen molar-refractivity contribution in [3.63, 3.8) is 0 Å². The molecule has 1 aromatic carbocycles. The molecule has 3 heterocycles. The Morgan fingerprint density at radius 3 is 2.74 bits per heavy atom. The van der Waals surface area contributed by atoms with Crippen LogP contribution >= 0.6 is 22.7 Å². The molecule has 4 aromatic rings. The van der Waals surface area contributed by atoms with Crippen LogP contribution in [0.5, 0.6) is 0 Å². The number of anilines is 1. The fourth-order valence-electron chi connectivity index (χ4n) is 5.80. The summed E-state index contributed by atoms with van der Waals surface area (Å²) in [4.78, 5) is 47.8. The number of carbonyl (C=O) groups is 2. The number of rotatable bonds is 5. The Morgan fingerprint density at radius 1 is 1.13 bits per heavy atom. The van der Waals surface area contributed by atoms with Gasteiger partial charge in [0.05, 0.1) is 10.9 Å². The summed E-state index contributed by atoms with van der Waals surface area (Å²) in [6.07, 6.45) is 6.64. The van der Waals surface area contributed by atoms with Gasteiger partial charge in [0.25, 0.3) is 11.5 Å². The van der Waals surface area contributed by atoms with Crippen molar-refractivity contribution < 1.29 is 9.59 Å². The average molecular weight is 547 g/mol. The van der Waals surface area contributed by atoms with Crippen LogP contribution in [0.15, 0.2) is 29.1 Å². The van der Waals surface area contributed by atoms with Crippen LogP contribution < -0.4 is 16.6 Å². The van der Waals surface area contributed by atoms with E-state index in [4.69, 9.17) is 10.7 Å². The van der Waals surface area contributed by atoms with E-state index in [0.29, 0.717) is 27.7 Å². The van der Waals surface area contributed by atoms with Crippen LogP contribution in [-0.2, 0) is 37.0 Å². The minimum Gasteiger partial charge on any atom is -0.365 e. The first-order valence-corrected chi connectivity index (χ1v) is 14.8. The van der Waals surface area contributed by atoms with E-state index in [-0.39, 0.29) is 18.0 Å². The zero-order valence-corrected chi connectivity index (χ0v) is 23.2. The first-order chi connectivity index (χ1) is 18.3. The molecule has 6 rings (SSSR count). The van der Waals surface area contributed by atoms with Gasteiger partial charge in [-0.3, -0.25) is 19.0 Å². The van der Waals surface area contributed by atoms with E-state index in [1.807, 2.05) is 31.2 Å². The van der Waals surface area contributed by atoms with Gasteiger partial charge < -0.3 is 11.1 Å². The fourth-order valence-corrected chi connectivity index (χ4v) is 8.48. The molecule has 9 heteroatoms. The van der Waals surface area contributed by atoms with Crippen LogP contribution in [0.2, 0.25) is 0 Å². The maximum atomic E-state index is 14.0. The van der Waals surface area contributed by atoms with Crippen molar-refractivity contribution >= 4 is 49.7 Å². The van der Waals surface area contributed by atoms with Crippen LogP contribution in [0.4, 0.5) is 5.00 Å². The Hall–Kier alpha value is -3.30. The molecule has 3 N–H and O–H groups in total. The summed E-state index contributed by atoms with van der Waals surface area (Å²) < 4.78 is 1.49.